The van der Waals surface area contributed by atoms with Crippen molar-refractivity contribution in [2.24, 2.45) is 0 Å². The molecule has 1 saturated heterocycles. The van der Waals surface area contributed by atoms with Crippen molar-refractivity contribution < 1.29 is 4.79 Å². The van der Waals surface area contributed by atoms with Gasteiger partial charge in [-0.2, -0.15) is 0 Å². The number of benzene rings is 1. The van der Waals surface area contributed by atoms with Crippen LogP contribution in [0.25, 0.3) is 11.3 Å². The van der Waals surface area contributed by atoms with Crippen molar-refractivity contribution in [2.45, 2.75) is 32.1 Å². The topological polar surface area (TPSA) is 59.0 Å². The number of nitrogens with zero attached hydrogens (tertiary/aromatic N) is 4. The fourth-order valence-electron chi connectivity index (χ4n) is 3.88. The first kappa shape index (κ1) is 18.3. The van der Waals surface area contributed by atoms with Gasteiger partial charge in [-0.05, 0) is 43.5 Å². The maximum Gasteiger partial charge on any atom is 0.227 e. The second kappa shape index (κ2) is 8.30. The number of amides is 1. The Balaban J connectivity index is 1.55. The molecule has 0 saturated carbocycles. The molecule has 142 valence electrons. The van der Waals surface area contributed by atoms with E-state index in [4.69, 9.17) is 0 Å². The van der Waals surface area contributed by atoms with Crippen molar-refractivity contribution in [2.75, 3.05) is 13.1 Å². The third kappa shape index (κ3) is 4.09. The molecule has 3 aromatic rings. The van der Waals surface area contributed by atoms with E-state index in [1.54, 1.807) is 24.8 Å². The molecule has 5 heteroatoms. The predicted octanol–water partition coefficient (Wildman–Crippen LogP) is 3.80. The van der Waals surface area contributed by atoms with Gasteiger partial charge < -0.3 is 4.90 Å². The molecule has 1 aliphatic heterocycles. The Kier molecular flexibility index (Phi) is 5.42. The summed E-state index contributed by atoms with van der Waals surface area (Å²) >= 11 is 0. The number of carbonyl (C=O) groups is 1. The molecule has 1 aromatic carbocycles. The van der Waals surface area contributed by atoms with Crippen LogP contribution in [0.15, 0.2) is 61.2 Å². The van der Waals surface area contributed by atoms with Crippen molar-refractivity contribution in [3.05, 3.63) is 78.0 Å². The van der Waals surface area contributed by atoms with E-state index in [0.717, 1.165) is 41.9 Å². The molecule has 0 aliphatic carbocycles. The highest BCUT2D eigenvalue weighted by molar-refractivity contribution is 5.79. The summed E-state index contributed by atoms with van der Waals surface area (Å²) in [5, 5.41) is 0. The van der Waals surface area contributed by atoms with Gasteiger partial charge in [0, 0.05) is 49.4 Å². The lowest BCUT2D eigenvalue weighted by molar-refractivity contribution is -0.131. The van der Waals surface area contributed by atoms with Crippen LogP contribution in [-0.2, 0) is 11.2 Å². The van der Waals surface area contributed by atoms with Gasteiger partial charge in [0.05, 0.1) is 17.8 Å². The van der Waals surface area contributed by atoms with E-state index in [1.807, 2.05) is 17.0 Å². The van der Waals surface area contributed by atoms with Crippen molar-refractivity contribution in [3.63, 3.8) is 0 Å². The van der Waals surface area contributed by atoms with Crippen molar-refractivity contribution >= 4 is 5.91 Å². The molecule has 0 N–H and O–H groups in total. The zero-order valence-corrected chi connectivity index (χ0v) is 16.1. The predicted molar refractivity (Wildman–Crippen MR) is 109 cm³/mol. The van der Waals surface area contributed by atoms with Crippen molar-refractivity contribution in [3.8, 4) is 11.3 Å². The van der Waals surface area contributed by atoms with Crippen molar-refractivity contribution in [1.29, 1.82) is 0 Å². The van der Waals surface area contributed by atoms with Gasteiger partial charge in [-0.1, -0.05) is 23.8 Å². The number of likely N-dealkylation sites (tertiary alicyclic amines) is 1. The zero-order chi connectivity index (χ0) is 19.3. The lowest BCUT2D eigenvalue weighted by Gasteiger charge is -2.33. The maximum absolute atomic E-state index is 12.8. The number of pyridine rings is 1. The van der Waals surface area contributed by atoms with E-state index in [0.29, 0.717) is 13.0 Å². The average molecular weight is 372 g/mol. The number of piperidine rings is 1. The second-order valence-corrected chi connectivity index (χ2v) is 7.37. The Labute approximate surface area is 165 Å². The van der Waals surface area contributed by atoms with Gasteiger partial charge in [0.2, 0.25) is 5.91 Å². The highest BCUT2D eigenvalue weighted by Crippen LogP contribution is 2.32. The van der Waals surface area contributed by atoms with E-state index in [-0.39, 0.29) is 11.8 Å². The molecule has 0 bridgehead atoms. The van der Waals surface area contributed by atoms with Gasteiger partial charge in [0.15, 0.2) is 0 Å². The average Bonchev–Trinajstić information content (AvgIpc) is 2.74. The van der Waals surface area contributed by atoms with E-state index >= 15 is 0 Å². The summed E-state index contributed by atoms with van der Waals surface area (Å²) in [4.78, 5) is 28.1. The quantitative estimate of drug-likeness (QED) is 0.699. The smallest absolute Gasteiger partial charge is 0.227 e. The fourth-order valence-corrected chi connectivity index (χ4v) is 3.88. The highest BCUT2D eigenvalue weighted by Gasteiger charge is 2.28. The van der Waals surface area contributed by atoms with Gasteiger partial charge in [-0.15, -0.1) is 0 Å². The number of carbonyl (C=O) groups excluding carboxylic acids is 1. The van der Waals surface area contributed by atoms with Crippen LogP contribution < -0.4 is 0 Å². The summed E-state index contributed by atoms with van der Waals surface area (Å²) in [6.45, 7) is 3.58. The van der Waals surface area contributed by atoms with Crippen LogP contribution >= 0.6 is 0 Å². The van der Waals surface area contributed by atoms with Crippen LogP contribution in [0.4, 0.5) is 0 Å². The molecule has 1 fully saturated rings. The van der Waals surface area contributed by atoms with Crippen LogP contribution in [0.3, 0.4) is 0 Å². The number of rotatable bonds is 4. The highest BCUT2D eigenvalue weighted by atomic mass is 16.2. The molecule has 2 aromatic heterocycles. The normalized spacial score (nSPS) is 16.8. The van der Waals surface area contributed by atoms with Crippen LogP contribution in [0.2, 0.25) is 0 Å². The summed E-state index contributed by atoms with van der Waals surface area (Å²) in [5.41, 5.74) is 5.21. The van der Waals surface area contributed by atoms with Gasteiger partial charge >= 0.3 is 0 Å². The molecule has 1 amide bonds. The molecule has 0 radical (unpaired) electrons. The minimum absolute atomic E-state index is 0.164. The summed E-state index contributed by atoms with van der Waals surface area (Å²) < 4.78 is 0. The first-order valence-electron chi connectivity index (χ1n) is 9.75. The first-order chi connectivity index (χ1) is 13.7. The number of aryl methyl sites for hydroxylation is 1. The third-order valence-corrected chi connectivity index (χ3v) is 5.28. The van der Waals surface area contributed by atoms with Crippen molar-refractivity contribution in [1.82, 2.24) is 19.9 Å². The minimum Gasteiger partial charge on any atom is -0.342 e. The maximum atomic E-state index is 12.8. The first-order valence-corrected chi connectivity index (χ1v) is 9.75. The second-order valence-electron chi connectivity index (χ2n) is 7.37. The Morgan fingerprint density at radius 3 is 2.75 bits per heavy atom. The third-order valence-electron chi connectivity index (χ3n) is 5.28. The molecule has 0 spiro atoms. The van der Waals surface area contributed by atoms with Crippen LogP contribution in [0, 0.1) is 6.92 Å². The Hall–Kier alpha value is -3.08. The molecule has 4 rings (SSSR count). The van der Waals surface area contributed by atoms with Gasteiger partial charge in [0.1, 0.15) is 0 Å². The van der Waals surface area contributed by atoms with Crippen LogP contribution in [0.1, 0.15) is 35.6 Å². The van der Waals surface area contributed by atoms with Gasteiger partial charge in [0.25, 0.3) is 0 Å². The summed E-state index contributed by atoms with van der Waals surface area (Å²) in [6.07, 6.45) is 9.39. The van der Waals surface area contributed by atoms with E-state index in [2.05, 4.69) is 46.1 Å². The fraction of sp³-hybridized carbons (Fsp3) is 0.304. The number of hydrogen-bond acceptors (Lipinski definition) is 4. The number of hydrogen-bond donors (Lipinski definition) is 0. The summed E-state index contributed by atoms with van der Waals surface area (Å²) in [6, 6.07) is 12.2. The molecular formula is C23H24N4O. The number of aromatic nitrogens is 3. The molecule has 1 atom stereocenters. The molecule has 28 heavy (non-hydrogen) atoms. The molecule has 3 heterocycles. The summed E-state index contributed by atoms with van der Waals surface area (Å²) in [7, 11) is 0. The van der Waals surface area contributed by atoms with Crippen LogP contribution in [-0.4, -0.2) is 38.8 Å². The molecule has 1 aliphatic rings. The lowest BCUT2D eigenvalue weighted by atomic mass is 9.91. The van der Waals surface area contributed by atoms with Gasteiger partial charge in [-0.25, -0.2) is 0 Å². The summed E-state index contributed by atoms with van der Waals surface area (Å²) in [5.74, 6) is 0.372. The Bertz CT molecular complexity index is 958. The molecular weight excluding hydrogens is 348 g/mol. The largest absolute Gasteiger partial charge is 0.342 e. The van der Waals surface area contributed by atoms with E-state index in [1.165, 1.54) is 5.56 Å². The van der Waals surface area contributed by atoms with E-state index < -0.39 is 0 Å². The SMILES string of the molecule is Cc1cccc(-c2nccnc2[C@@H]2CCCN(C(=O)Cc3ccncc3)C2)c1. The monoisotopic (exact) mass is 372 g/mol. The van der Waals surface area contributed by atoms with Gasteiger partial charge in [-0.3, -0.25) is 19.7 Å². The standard InChI is InChI=1S/C23H24N4O/c1-17-4-2-5-19(14-17)22-23(26-12-11-25-22)20-6-3-13-27(16-20)21(28)15-18-7-9-24-10-8-18/h2,4-5,7-12,14,20H,3,6,13,15-16H2,1H3/t20-/m1/s1. The minimum atomic E-state index is 0.164. The van der Waals surface area contributed by atoms with E-state index in [9.17, 15) is 4.79 Å². The Morgan fingerprint density at radius 2 is 1.93 bits per heavy atom. The Morgan fingerprint density at radius 1 is 1.11 bits per heavy atom. The lowest BCUT2D eigenvalue weighted by Crippen LogP contribution is -2.40. The van der Waals surface area contributed by atoms with Crippen LogP contribution in [0.5, 0.6) is 0 Å². The molecule has 0 unspecified atom stereocenters. The molecule has 5 nitrogen and oxygen atoms in total. The zero-order valence-electron chi connectivity index (χ0n) is 16.1.